The number of hydrogen-bond donors (Lipinski definition) is 0. The molecule has 0 aromatic heterocycles. The molecule has 1 aliphatic rings. The van der Waals surface area contributed by atoms with E-state index >= 15 is 0 Å². The van der Waals surface area contributed by atoms with Crippen molar-refractivity contribution in [2.75, 3.05) is 49.8 Å². The van der Waals surface area contributed by atoms with Gasteiger partial charge in [0.1, 0.15) is 0 Å². The summed E-state index contributed by atoms with van der Waals surface area (Å²) in [6, 6.07) is 0. The van der Waals surface area contributed by atoms with Crippen molar-refractivity contribution in [2.24, 2.45) is 0 Å². The van der Waals surface area contributed by atoms with Gasteiger partial charge in [-0.1, -0.05) is 0 Å². The number of ether oxygens (including phenoxy) is 3. The van der Waals surface area contributed by atoms with Gasteiger partial charge in [0, 0.05) is 11.5 Å². The molecule has 0 amide bonds. The van der Waals surface area contributed by atoms with Crippen molar-refractivity contribution >= 4 is 23.5 Å². The second-order valence-corrected chi connectivity index (χ2v) is 4.59. The fourth-order valence-corrected chi connectivity index (χ4v) is 2.04. The zero-order valence-electron chi connectivity index (χ0n) is 7.70. The third kappa shape index (κ3) is 7.64. The van der Waals surface area contributed by atoms with Gasteiger partial charge in [-0.05, 0) is 0 Å². The highest BCUT2D eigenvalue weighted by Gasteiger charge is 1.95. The van der Waals surface area contributed by atoms with Crippen LogP contribution < -0.4 is 0 Å². The minimum atomic E-state index is 0.714. The van der Waals surface area contributed by atoms with Gasteiger partial charge in [-0.3, -0.25) is 0 Å². The van der Waals surface area contributed by atoms with Crippen LogP contribution in [0.25, 0.3) is 0 Å². The van der Waals surface area contributed by atoms with Gasteiger partial charge in [0.05, 0.1) is 38.3 Å². The van der Waals surface area contributed by atoms with E-state index in [1.807, 2.05) is 0 Å². The molecule has 0 bridgehead atoms. The van der Waals surface area contributed by atoms with E-state index in [1.165, 1.54) is 0 Å². The SMILES string of the molecule is C1COCCSCOCSCCO1. The van der Waals surface area contributed by atoms with Crippen LogP contribution in [0.4, 0.5) is 0 Å². The Balaban J connectivity index is 2.01. The molecule has 0 aliphatic carbocycles. The number of rotatable bonds is 0. The Morgan fingerprint density at radius 1 is 0.615 bits per heavy atom. The highest BCUT2D eigenvalue weighted by Crippen LogP contribution is 2.06. The third-order valence-electron chi connectivity index (χ3n) is 1.45. The van der Waals surface area contributed by atoms with Crippen molar-refractivity contribution in [2.45, 2.75) is 0 Å². The van der Waals surface area contributed by atoms with Gasteiger partial charge in [0.25, 0.3) is 0 Å². The van der Waals surface area contributed by atoms with Crippen molar-refractivity contribution in [3.8, 4) is 0 Å². The van der Waals surface area contributed by atoms with Crippen molar-refractivity contribution in [1.29, 1.82) is 0 Å². The van der Waals surface area contributed by atoms with E-state index in [0.29, 0.717) is 13.2 Å². The van der Waals surface area contributed by atoms with Crippen LogP contribution in [0, 0.1) is 0 Å². The molecular formula is C8H16O3S2. The maximum absolute atomic E-state index is 5.36. The maximum Gasteiger partial charge on any atom is 0.0933 e. The van der Waals surface area contributed by atoms with Crippen LogP contribution in [0.2, 0.25) is 0 Å². The molecule has 0 spiro atoms. The Morgan fingerprint density at radius 3 is 1.69 bits per heavy atom. The minimum absolute atomic E-state index is 0.714. The molecule has 0 aromatic rings. The molecule has 1 heterocycles. The van der Waals surface area contributed by atoms with Crippen LogP contribution in [0.3, 0.4) is 0 Å². The van der Waals surface area contributed by atoms with Crippen LogP contribution >= 0.6 is 23.5 Å². The summed E-state index contributed by atoms with van der Waals surface area (Å²) in [6.07, 6.45) is 0. The molecule has 1 fully saturated rings. The molecule has 0 radical (unpaired) electrons. The first-order valence-electron chi connectivity index (χ1n) is 4.39. The first-order chi connectivity index (χ1) is 6.50. The molecule has 13 heavy (non-hydrogen) atoms. The summed E-state index contributed by atoms with van der Waals surface area (Å²) in [4.78, 5) is 0. The van der Waals surface area contributed by atoms with E-state index in [-0.39, 0.29) is 0 Å². The van der Waals surface area contributed by atoms with Crippen molar-refractivity contribution < 1.29 is 14.2 Å². The van der Waals surface area contributed by atoms with E-state index in [9.17, 15) is 0 Å². The maximum atomic E-state index is 5.36. The van der Waals surface area contributed by atoms with E-state index in [4.69, 9.17) is 14.2 Å². The summed E-state index contributed by atoms with van der Waals surface area (Å²) in [5, 5.41) is 0. The monoisotopic (exact) mass is 224 g/mol. The first kappa shape index (κ1) is 11.7. The van der Waals surface area contributed by atoms with Crippen LogP contribution in [0.1, 0.15) is 0 Å². The number of thioether (sulfide) groups is 2. The fourth-order valence-electron chi connectivity index (χ4n) is 0.827. The Kier molecular flexibility index (Phi) is 8.20. The van der Waals surface area contributed by atoms with E-state index in [1.54, 1.807) is 23.5 Å². The second kappa shape index (κ2) is 9.15. The third-order valence-corrected chi connectivity index (χ3v) is 3.03. The molecule has 5 heteroatoms. The standard InChI is InChI=1S/C8H16O3S2/c1-2-10-4-6-13-8-11-7-12-5-3-9-1/h1-8H2. The van der Waals surface area contributed by atoms with E-state index in [2.05, 4.69) is 0 Å². The molecule has 0 N–H and O–H groups in total. The Hall–Kier alpha value is 0.580. The Bertz CT molecular complexity index is 65.5. The average molecular weight is 224 g/mol. The smallest absolute Gasteiger partial charge is 0.0933 e. The predicted molar refractivity (Wildman–Crippen MR) is 57.4 cm³/mol. The molecule has 0 unspecified atom stereocenters. The first-order valence-corrected chi connectivity index (χ1v) is 6.70. The lowest BCUT2D eigenvalue weighted by Gasteiger charge is -2.03. The fraction of sp³-hybridized carbons (Fsp3) is 1.00. The van der Waals surface area contributed by atoms with E-state index < -0.39 is 0 Å². The minimum Gasteiger partial charge on any atom is -0.378 e. The van der Waals surface area contributed by atoms with Gasteiger partial charge in [0.2, 0.25) is 0 Å². The predicted octanol–water partition coefficient (Wildman–Crippen LogP) is 1.43. The summed E-state index contributed by atoms with van der Waals surface area (Å²) in [5.41, 5.74) is 0. The largest absolute Gasteiger partial charge is 0.378 e. The molecule has 1 rings (SSSR count). The topological polar surface area (TPSA) is 27.7 Å². The van der Waals surface area contributed by atoms with Gasteiger partial charge >= 0.3 is 0 Å². The van der Waals surface area contributed by atoms with Gasteiger partial charge in [0.15, 0.2) is 0 Å². The summed E-state index contributed by atoms with van der Waals surface area (Å²) in [6.45, 7) is 3.02. The highest BCUT2D eigenvalue weighted by molar-refractivity contribution is 7.99. The molecule has 78 valence electrons. The van der Waals surface area contributed by atoms with Crippen molar-refractivity contribution in [3.05, 3.63) is 0 Å². The summed E-state index contributed by atoms with van der Waals surface area (Å²) in [7, 11) is 0. The molecule has 0 atom stereocenters. The van der Waals surface area contributed by atoms with Gasteiger partial charge in [-0.15, -0.1) is 23.5 Å². The zero-order valence-corrected chi connectivity index (χ0v) is 9.33. The lowest BCUT2D eigenvalue weighted by molar-refractivity contribution is 0.0605. The highest BCUT2D eigenvalue weighted by atomic mass is 32.2. The zero-order chi connectivity index (χ0) is 9.19. The van der Waals surface area contributed by atoms with Crippen LogP contribution in [-0.4, -0.2) is 49.8 Å². The van der Waals surface area contributed by atoms with Crippen LogP contribution in [0.15, 0.2) is 0 Å². The normalized spacial score (nSPS) is 24.0. The van der Waals surface area contributed by atoms with Gasteiger partial charge in [-0.25, -0.2) is 0 Å². The summed E-state index contributed by atoms with van der Waals surface area (Å²) < 4.78 is 16.0. The van der Waals surface area contributed by atoms with Gasteiger partial charge in [-0.2, -0.15) is 0 Å². The van der Waals surface area contributed by atoms with Crippen LogP contribution in [-0.2, 0) is 14.2 Å². The molecule has 1 saturated heterocycles. The molecular weight excluding hydrogens is 208 g/mol. The van der Waals surface area contributed by atoms with Crippen molar-refractivity contribution in [3.63, 3.8) is 0 Å². The molecule has 1 aliphatic heterocycles. The quantitative estimate of drug-likeness (QED) is 0.620. The lowest BCUT2D eigenvalue weighted by atomic mass is 10.7. The van der Waals surface area contributed by atoms with Crippen LogP contribution in [0.5, 0.6) is 0 Å². The number of hydrogen-bond acceptors (Lipinski definition) is 5. The average Bonchev–Trinajstić information content (AvgIpc) is 2.18. The second-order valence-electron chi connectivity index (χ2n) is 2.48. The molecule has 0 aromatic carbocycles. The summed E-state index contributed by atoms with van der Waals surface area (Å²) >= 11 is 3.55. The summed E-state index contributed by atoms with van der Waals surface area (Å²) in [5.74, 6) is 3.56. The van der Waals surface area contributed by atoms with Gasteiger partial charge < -0.3 is 14.2 Å². The lowest BCUT2D eigenvalue weighted by Crippen LogP contribution is -2.07. The molecule has 3 nitrogen and oxygen atoms in total. The van der Waals surface area contributed by atoms with Crippen molar-refractivity contribution in [1.82, 2.24) is 0 Å². The molecule has 0 saturated carbocycles. The Labute approximate surface area is 87.9 Å². The Morgan fingerprint density at radius 2 is 1.15 bits per heavy atom. The van der Waals surface area contributed by atoms with E-state index in [0.717, 1.165) is 36.6 Å².